The number of carbonyl (C=O) groups is 3. The molecule has 0 fully saturated rings. The van der Waals surface area contributed by atoms with Crippen molar-refractivity contribution in [2.24, 2.45) is 17.8 Å². The molecule has 0 unspecified atom stereocenters. The number of carbonyl (C=O) groups excluding carboxylic acids is 3. The van der Waals surface area contributed by atoms with Crippen LogP contribution < -0.4 is 0 Å². The minimum atomic E-state index is -0.614. The first-order chi connectivity index (χ1) is 8.47. The van der Waals surface area contributed by atoms with Crippen molar-refractivity contribution in [3.8, 4) is 0 Å². The van der Waals surface area contributed by atoms with Crippen LogP contribution in [0.4, 0.5) is 0 Å². The van der Waals surface area contributed by atoms with Gasteiger partial charge in [0.05, 0.1) is 5.92 Å². The molecule has 1 heterocycles. The van der Waals surface area contributed by atoms with Gasteiger partial charge in [-0.2, -0.15) is 0 Å². The minimum absolute atomic E-state index is 0.0437. The molecule has 0 bridgehead atoms. The monoisotopic (exact) mass is 248 g/mol. The van der Waals surface area contributed by atoms with Crippen molar-refractivity contribution < 1.29 is 19.1 Å². The quantitative estimate of drug-likeness (QED) is 0.548. The van der Waals surface area contributed by atoms with Crippen molar-refractivity contribution >= 4 is 18.0 Å². The smallest absolute Gasteiger partial charge is 0.314 e. The topological polar surface area (TPSA) is 60.4 Å². The van der Waals surface area contributed by atoms with Crippen LogP contribution in [0.3, 0.4) is 0 Å². The van der Waals surface area contributed by atoms with E-state index in [0.717, 1.165) is 11.9 Å². The van der Waals surface area contributed by atoms with Crippen LogP contribution in [0.25, 0.3) is 0 Å². The third-order valence-electron chi connectivity index (χ3n) is 3.73. The van der Waals surface area contributed by atoms with Crippen LogP contribution in [0, 0.1) is 17.8 Å². The minimum Gasteiger partial charge on any atom is -0.461 e. The zero-order chi connectivity index (χ0) is 13.4. The maximum absolute atomic E-state index is 11.9. The van der Waals surface area contributed by atoms with Crippen molar-refractivity contribution in [1.82, 2.24) is 0 Å². The largest absolute Gasteiger partial charge is 0.461 e. The second-order valence-electron chi connectivity index (χ2n) is 5.01. The van der Waals surface area contributed by atoms with Gasteiger partial charge in [0, 0.05) is 11.5 Å². The van der Waals surface area contributed by atoms with E-state index in [1.54, 1.807) is 6.08 Å². The Morgan fingerprint density at radius 1 is 1.50 bits per heavy atom. The van der Waals surface area contributed by atoms with Gasteiger partial charge in [0.1, 0.15) is 18.7 Å². The summed E-state index contributed by atoms with van der Waals surface area (Å²) in [4.78, 5) is 34.9. The Hall–Kier alpha value is -1.71. The van der Waals surface area contributed by atoms with E-state index in [4.69, 9.17) is 4.74 Å². The fraction of sp³-hybridized carbons (Fsp3) is 0.500. The molecular formula is C14H16O4. The first-order valence-corrected chi connectivity index (χ1v) is 6.01. The van der Waals surface area contributed by atoms with Gasteiger partial charge in [0.25, 0.3) is 0 Å². The summed E-state index contributed by atoms with van der Waals surface area (Å²) in [6.07, 6.45) is 2.55. The number of Topliss-reactive ketones (excluding diaryl/α,β-unsaturated/α-hetero) is 1. The Morgan fingerprint density at radius 3 is 2.72 bits per heavy atom. The van der Waals surface area contributed by atoms with Crippen LogP contribution in [0.5, 0.6) is 0 Å². The molecule has 1 aliphatic heterocycles. The molecule has 18 heavy (non-hydrogen) atoms. The molecular weight excluding hydrogens is 232 g/mol. The molecule has 0 aromatic carbocycles. The molecule has 4 heteroatoms. The van der Waals surface area contributed by atoms with E-state index in [1.165, 1.54) is 6.92 Å². The summed E-state index contributed by atoms with van der Waals surface area (Å²) in [5.41, 5.74) is 2.08. The molecule has 0 N–H and O–H groups in total. The fourth-order valence-electron chi connectivity index (χ4n) is 2.97. The van der Waals surface area contributed by atoms with E-state index in [-0.39, 0.29) is 18.3 Å². The highest BCUT2D eigenvalue weighted by Gasteiger charge is 2.45. The average Bonchev–Trinajstić information content (AvgIpc) is 2.32. The Kier molecular flexibility index (Phi) is 3.20. The number of fused-ring (bicyclic) bond motifs is 1. The molecule has 0 saturated heterocycles. The van der Waals surface area contributed by atoms with Gasteiger partial charge in [-0.15, -0.1) is 0 Å². The van der Waals surface area contributed by atoms with Gasteiger partial charge in [-0.1, -0.05) is 13.0 Å². The van der Waals surface area contributed by atoms with Gasteiger partial charge in [0.15, 0.2) is 0 Å². The standard InChI is InChI=1S/C14H16O4/c1-7-4-10(5-15)12-8(2)6-18-14(17)13(12)11(7)9(3)16/h4-5,7,11,13H,6H2,1-3H3/t7-,11+,13+/m0/s1. The Balaban J connectivity index is 2.62. The highest BCUT2D eigenvalue weighted by molar-refractivity contribution is 5.94. The molecule has 0 spiro atoms. The van der Waals surface area contributed by atoms with Gasteiger partial charge in [0.2, 0.25) is 0 Å². The summed E-state index contributed by atoms with van der Waals surface area (Å²) in [5, 5.41) is 0. The maximum Gasteiger partial charge on any atom is 0.314 e. The number of aldehydes is 1. The Labute approximate surface area is 106 Å². The van der Waals surface area contributed by atoms with Gasteiger partial charge in [-0.25, -0.2) is 0 Å². The van der Waals surface area contributed by atoms with Crippen LogP contribution in [0.2, 0.25) is 0 Å². The molecule has 0 aromatic rings. The molecule has 2 aliphatic rings. The van der Waals surface area contributed by atoms with Crippen LogP contribution in [0.1, 0.15) is 20.8 Å². The van der Waals surface area contributed by atoms with Crippen molar-refractivity contribution in [1.29, 1.82) is 0 Å². The summed E-state index contributed by atoms with van der Waals surface area (Å²) >= 11 is 0. The number of cyclic esters (lactones) is 1. The number of esters is 1. The van der Waals surface area contributed by atoms with Crippen molar-refractivity contribution in [3.05, 3.63) is 22.8 Å². The number of ketones is 1. The predicted octanol–water partition coefficient (Wildman–Crippen LogP) is 1.46. The second-order valence-corrected chi connectivity index (χ2v) is 5.01. The lowest BCUT2D eigenvalue weighted by molar-refractivity contribution is -0.152. The number of allylic oxidation sites excluding steroid dienone is 2. The number of hydrogen-bond acceptors (Lipinski definition) is 4. The van der Waals surface area contributed by atoms with Gasteiger partial charge in [-0.05, 0) is 30.9 Å². The number of rotatable bonds is 2. The van der Waals surface area contributed by atoms with Crippen LogP contribution in [-0.2, 0) is 19.1 Å². The molecule has 2 rings (SSSR count). The molecule has 1 aliphatic carbocycles. The molecule has 96 valence electrons. The van der Waals surface area contributed by atoms with Gasteiger partial charge < -0.3 is 4.74 Å². The van der Waals surface area contributed by atoms with Crippen LogP contribution in [-0.4, -0.2) is 24.6 Å². The third kappa shape index (κ3) is 1.82. The molecule has 0 radical (unpaired) electrons. The molecule has 3 atom stereocenters. The van der Waals surface area contributed by atoms with Gasteiger partial charge in [-0.3, -0.25) is 14.4 Å². The summed E-state index contributed by atoms with van der Waals surface area (Å²) in [6, 6.07) is 0. The molecule has 0 amide bonds. The zero-order valence-electron chi connectivity index (χ0n) is 10.7. The number of ether oxygens (including phenoxy) is 1. The summed E-state index contributed by atoms with van der Waals surface area (Å²) < 4.78 is 5.09. The third-order valence-corrected chi connectivity index (χ3v) is 3.73. The normalized spacial score (nSPS) is 31.4. The van der Waals surface area contributed by atoms with Gasteiger partial charge >= 0.3 is 5.97 Å². The van der Waals surface area contributed by atoms with Crippen molar-refractivity contribution in [2.45, 2.75) is 20.8 Å². The number of hydrogen-bond donors (Lipinski definition) is 0. The van der Waals surface area contributed by atoms with Crippen molar-refractivity contribution in [2.75, 3.05) is 6.61 Å². The summed E-state index contributed by atoms with van der Waals surface area (Å²) in [7, 11) is 0. The zero-order valence-corrected chi connectivity index (χ0v) is 10.7. The molecule has 0 aromatic heterocycles. The Morgan fingerprint density at radius 2 is 2.17 bits per heavy atom. The van der Waals surface area contributed by atoms with Crippen LogP contribution in [0.15, 0.2) is 22.8 Å². The predicted molar refractivity (Wildman–Crippen MR) is 64.6 cm³/mol. The first kappa shape index (κ1) is 12.7. The summed E-state index contributed by atoms with van der Waals surface area (Å²) in [6.45, 7) is 5.37. The van der Waals surface area contributed by atoms with E-state index in [0.29, 0.717) is 11.1 Å². The average molecular weight is 248 g/mol. The van der Waals surface area contributed by atoms with E-state index in [1.807, 2.05) is 13.8 Å². The molecule has 4 nitrogen and oxygen atoms in total. The lowest BCUT2D eigenvalue weighted by Gasteiger charge is -2.37. The SMILES string of the molecule is CC(=O)[C@@H]1[C@H]2C(=O)OCC(C)=C2C(C=O)=C[C@@H]1C. The van der Waals surface area contributed by atoms with E-state index in [9.17, 15) is 14.4 Å². The summed E-state index contributed by atoms with van der Waals surface area (Å²) in [5.74, 6) is -1.61. The first-order valence-electron chi connectivity index (χ1n) is 6.01. The lowest BCUT2D eigenvalue weighted by atomic mass is 9.67. The highest BCUT2D eigenvalue weighted by Crippen LogP contribution is 2.42. The highest BCUT2D eigenvalue weighted by atomic mass is 16.5. The maximum atomic E-state index is 11.9. The Bertz CT molecular complexity index is 484. The van der Waals surface area contributed by atoms with E-state index >= 15 is 0 Å². The van der Waals surface area contributed by atoms with E-state index < -0.39 is 17.8 Å². The van der Waals surface area contributed by atoms with Crippen molar-refractivity contribution in [3.63, 3.8) is 0 Å². The van der Waals surface area contributed by atoms with Crippen LogP contribution >= 0.6 is 0 Å². The fourth-order valence-corrected chi connectivity index (χ4v) is 2.97. The second kappa shape index (κ2) is 4.52. The molecule has 0 saturated carbocycles. The van der Waals surface area contributed by atoms with E-state index in [2.05, 4.69) is 0 Å². The lowest BCUT2D eigenvalue weighted by Crippen LogP contribution is -2.41.